The minimum atomic E-state index is -4.50. The summed E-state index contributed by atoms with van der Waals surface area (Å²) in [4.78, 5) is 14.6. The summed E-state index contributed by atoms with van der Waals surface area (Å²) in [6, 6.07) is 14.2. The third-order valence-corrected chi connectivity index (χ3v) is 3.98. The number of aromatic nitrogens is 1. The molecule has 0 saturated carbocycles. The molecule has 2 aromatic carbocycles. The number of nitrogens with zero attached hydrogens (tertiary/aromatic N) is 1. The summed E-state index contributed by atoms with van der Waals surface area (Å²) in [5.41, 5.74) is 1.02. The fourth-order valence-electron chi connectivity index (χ4n) is 2.69. The van der Waals surface area contributed by atoms with Gasteiger partial charge in [-0.15, -0.1) is 0 Å². The average Bonchev–Trinajstić information content (AvgIpc) is 2.59. The van der Waals surface area contributed by atoms with Gasteiger partial charge in [0.05, 0.1) is 11.1 Å². The van der Waals surface area contributed by atoms with E-state index in [9.17, 15) is 18.0 Å². The third-order valence-electron chi connectivity index (χ3n) is 3.98. The van der Waals surface area contributed by atoms with Crippen molar-refractivity contribution >= 4 is 16.9 Å². The summed E-state index contributed by atoms with van der Waals surface area (Å²) >= 11 is 0. The number of rotatable bonds is 4. The lowest BCUT2D eigenvalue weighted by atomic mass is 9.99. The Morgan fingerprint density at radius 2 is 1.68 bits per heavy atom. The number of aryl methyl sites for hydroxylation is 2. The summed E-state index contributed by atoms with van der Waals surface area (Å²) in [5.74, 6) is -1.01. The van der Waals surface area contributed by atoms with Crippen molar-refractivity contribution in [2.75, 3.05) is 0 Å². The molecule has 0 fully saturated rings. The maximum Gasteiger partial charge on any atom is 0.433 e. The smallest absolute Gasteiger partial charge is 0.433 e. The number of alkyl halides is 3. The molecule has 0 saturated heterocycles. The van der Waals surface area contributed by atoms with Gasteiger partial charge in [-0.05, 0) is 48.2 Å². The molecule has 128 valence electrons. The van der Waals surface area contributed by atoms with Crippen LogP contribution >= 0.6 is 0 Å². The van der Waals surface area contributed by atoms with E-state index < -0.39 is 17.8 Å². The predicted octanol–water partition coefficient (Wildman–Crippen LogP) is 4.74. The van der Waals surface area contributed by atoms with Crippen LogP contribution in [0.25, 0.3) is 10.9 Å². The molecule has 0 atom stereocenters. The molecule has 1 N–H and O–H groups in total. The molecule has 1 heterocycles. The Hall–Kier alpha value is -2.89. The van der Waals surface area contributed by atoms with Crippen molar-refractivity contribution in [3.8, 4) is 0 Å². The predicted molar refractivity (Wildman–Crippen MR) is 87.6 cm³/mol. The van der Waals surface area contributed by atoms with Crippen LogP contribution in [0.2, 0.25) is 0 Å². The molecule has 0 unspecified atom stereocenters. The maximum absolute atomic E-state index is 13.1. The van der Waals surface area contributed by atoms with Gasteiger partial charge in [-0.2, -0.15) is 13.2 Å². The van der Waals surface area contributed by atoms with E-state index in [1.165, 1.54) is 12.1 Å². The van der Waals surface area contributed by atoms with E-state index in [1.807, 2.05) is 0 Å². The van der Waals surface area contributed by atoms with Gasteiger partial charge in [0.25, 0.3) is 0 Å². The number of benzene rings is 2. The normalized spacial score (nSPS) is 11.6. The largest absolute Gasteiger partial charge is 0.478 e. The van der Waals surface area contributed by atoms with Crippen LogP contribution in [0.5, 0.6) is 0 Å². The van der Waals surface area contributed by atoms with Crippen molar-refractivity contribution in [2.24, 2.45) is 0 Å². The van der Waals surface area contributed by atoms with E-state index in [-0.39, 0.29) is 5.56 Å². The Kier molecular flexibility index (Phi) is 4.44. The van der Waals surface area contributed by atoms with Crippen LogP contribution in [-0.4, -0.2) is 16.1 Å². The van der Waals surface area contributed by atoms with Gasteiger partial charge < -0.3 is 5.11 Å². The van der Waals surface area contributed by atoms with Crippen LogP contribution in [0, 0.1) is 0 Å². The SMILES string of the molecule is O=C(O)c1ccc(CCc2cc(C(F)(F)F)nc3ccccc23)cc1. The average molecular weight is 345 g/mol. The minimum absolute atomic E-state index is 0.178. The van der Waals surface area contributed by atoms with E-state index in [1.54, 1.807) is 36.4 Å². The van der Waals surface area contributed by atoms with Crippen molar-refractivity contribution < 1.29 is 23.1 Å². The molecule has 0 spiro atoms. The zero-order chi connectivity index (χ0) is 18.0. The quantitative estimate of drug-likeness (QED) is 0.743. The highest BCUT2D eigenvalue weighted by atomic mass is 19.4. The lowest BCUT2D eigenvalue weighted by Gasteiger charge is -2.12. The maximum atomic E-state index is 13.1. The first-order valence-electron chi connectivity index (χ1n) is 7.63. The Morgan fingerprint density at radius 3 is 2.32 bits per heavy atom. The second kappa shape index (κ2) is 6.55. The van der Waals surface area contributed by atoms with Gasteiger partial charge in [0.15, 0.2) is 0 Å². The van der Waals surface area contributed by atoms with Crippen molar-refractivity contribution in [2.45, 2.75) is 19.0 Å². The third kappa shape index (κ3) is 3.79. The Morgan fingerprint density at radius 1 is 1.00 bits per heavy atom. The standard InChI is InChI=1S/C19H14F3NO2/c20-19(21,22)17-11-14(15-3-1-2-4-16(15)23-17)10-7-12-5-8-13(9-6-12)18(24)25/h1-6,8-9,11H,7,10H2,(H,24,25). The number of hydrogen-bond donors (Lipinski definition) is 1. The molecular formula is C19H14F3NO2. The van der Waals surface area contributed by atoms with Gasteiger partial charge in [-0.3, -0.25) is 0 Å². The van der Waals surface area contributed by atoms with E-state index in [2.05, 4.69) is 4.98 Å². The van der Waals surface area contributed by atoms with Crippen LogP contribution < -0.4 is 0 Å². The van der Waals surface area contributed by atoms with Gasteiger partial charge in [-0.25, -0.2) is 9.78 Å². The number of aromatic carboxylic acids is 1. The van der Waals surface area contributed by atoms with Gasteiger partial charge >= 0.3 is 12.1 Å². The number of carboxylic acids is 1. The molecule has 25 heavy (non-hydrogen) atoms. The molecule has 6 heteroatoms. The molecule has 0 aliphatic carbocycles. The highest BCUT2D eigenvalue weighted by Crippen LogP contribution is 2.31. The lowest BCUT2D eigenvalue weighted by molar-refractivity contribution is -0.141. The summed E-state index contributed by atoms with van der Waals surface area (Å²) < 4.78 is 39.2. The highest BCUT2D eigenvalue weighted by molar-refractivity contribution is 5.87. The molecule has 0 radical (unpaired) electrons. The highest BCUT2D eigenvalue weighted by Gasteiger charge is 2.33. The first-order chi connectivity index (χ1) is 11.8. The molecule has 1 aromatic heterocycles. The molecule has 3 aromatic rings. The van der Waals surface area contributed by atoms with E-state index in [0.717, 1.165) is 11.6 Å². The molecule has 3 nitrogen and oxygen atoms in total. The van der Waals surface area contributed by atoms with Gasteiger partial charge in [-0.1, -0.05) is 30.3 Å². The molecule has 0 aliphatic rings. The van der Waals surface area contributed by atoms with Crippen molar-refractivity contribution in [3.63, 3.8) is 0 Å². The van der Waals surface area contributed by atoms with Gasteiger partial charge in [0.1, 0.15) is 5.69 Å². The molecular weight excluding hydrogens is 331 g/mol. The van der Waals surface area contributed by atoms with Crippen LogP contribution in [0.3, 0.4) is 0 Å². The molecule has 0 amide bonds. The number of hydrogen-bond acceptors (Lipinski definition) is 2. The fraction of sp³-hybridized carbons (Fsp3) is 0.158. The van der Waals surface area contributed by atoms with Gasteiger partial charge in [0, 0.05) is 5.39 Å². The van der Waals surface area contributed by atoms with Crippen LogP contribution in [0.1, 0.15) is 27.2 Å². The molecule has 0 bridgehead atoms. The van der Waals surface area contributed by atoms with Crippen molar-refractivity contribution in [1.29, 1.82) is 0 Å². The number of fused-ring (bicyclic) bond motifs is 1. The molecule has 3 rings (SSSR count). The minimum Gasteiger partial charge on any atom is -0.478 e. The zero-order valence-electron chi connectivity index (χ0n) is 13.0. The number of halogens is 3. The van der Waals surface area contributed by atoms with E-state index >= 15 is 0 Å². The van der Waals surface area contributed by atoms with Crippen LogP contribution in [-0.2, 0) is 19.0 Å². The summed E-state index contributed by atoms with van der Waals surface area (Å²) in [6.07, 6.45) is -3.59. The monoisotopic (exact) mass is 345 g/mol. The number of para-hydroxylation sites is 1. The summed E-state index contributed by atoms with van der Waals surface area (Å²) in [6.45, 7) is 0. The second-order valence-corrected chi connectivity index (χ2v) is 5.68. The Balaban J connectivity index is 1.91. The van der Waals surface area contributed by atoms with Gasteiger partial charge in [0.2, 0.25) is 0 Å². The second-order valence-electron chi connectivity index (χ2n) is 5.68. The van der Waals surface area contributed by atoms with Crippen molar-refractivity contribution in [3.05, 3.63) is 77.0 Å². The zero-order valence-corrected chi connectivity index (χ0v) is 13.0. The Bertz CT molecular complexity index is 918. The number of carbonyl (C=O) groups is 1. The first-order valence-corrected chi connectivity index (χ1v) is 7.63. The van der Waals surface area contributed by atoms with Crippen LogP contribution in [0.4, 0.5) is 13.2 Å². The van der Waals surface area contributed by atoms with Crippen molar-refractivity contribution in [1.82, 2.24) is 4.98 Å². The number of pyridine rings is 1. The summed E-state index contributed by atoms with van der Waals surface area (Å²) in [7, 11) is 0. The first kappa shape index (κ1) is 17.0. The van der Waals surface area contributed by atoms with E-state index in [0.29, 0.717) is 29.3 Å². The summed E-state index contributed by atoms with van der Waals surface area (Å²) in [5, 5.41) is 9.59. The number of carboxylic acid groups (broad SMARTS) is 1. The van der Waals surface area contributed by atoms with E-state index in [4.69, 9.17) is 5.11 Å². The lowest BCUT2D eigenvalue weighted by Crippen LogP contribution is -2.09. The Labute approximate surface area is 141 Å². The fourth-order valence-corrected chi connectivity index (χ4v) is 2.69. The molecule has 0 aliphatic heterocycles. The topological polar surface area (TPSA) is 50.2 Å². The van der Waals surface area contributed by atoms with Crippen LogP contribution in [0.15, 0.2) is 54.6 Å².